The number of nitrogens with zero attached hydrogens (tertiary/aromatic N) is 1. The lowest BCUT2D eigenvalue weighted by atomic mass is 10.0. The summed E-state index contributed by atoms with van der Waals surface area (Å²) in [5, 5.41) is 8.49. The maximum atomic E-state index is 10.3. The number of carboxylic acid groups (broad SMARTS) is 1. The number of hydrogen-bond donors (Lipinski definition) is 1. The minimum absolute atomic E-state index is 0.185. The highest BCUT2D eigenvalue weighted by Gasteiger charge is 2.32. The van der Waals surface area contributed by atoms with Gasteiger partial charge >= 0.3 is 5.97 Å². The highest BCUT2D eigenvalue weighted by atomic mass is 16.4. The number of hydrogen-bond acceptors (Lipinski definition) is 2. The lowest BCUT2D eigenvalue weighted by molar-refractivity contribution is -0.147. The number of rotatable bonds is 2. The molecule has 0 bridgehead atoms. The van der Waals surface area contributed by atoms with Crippen molar-refractivity contribution in [1.29, 1.82) is 0 Å². The van der Waals surface area contributed by atoms with E-state index in [1.54, 1.807) is 0 Å². The van der Waals surface area contributed by atoms with Gasteiger partial charge in [-0.25, -0.2) is 0 Å². The first-order chi connectivity index (χ1) is 4.25. The molecule has 0 amide bonds. The van der Waals surface area contributed by atoms with Gasteiger partial charge in [0.25, 0.3) is 0 Å². The Labute approximate surface area is 54.3 Å². The van der Waals surface area contributed by atoms with Crippen LogP contribution >= 0.6 is 0 Å². The highest BCUT2D eigenvalue weighted by Crippen LogP contribution is 2.15. The predicted molar refractivity (Wildman–Crippen MR) is 33.3 cm³/mol. The lowest BCUT2D eigenvalue weighted by Gasteiger charge is -2.36. The van der Waals surface area contributed by atoms with E-state index < -0.39 is 5.97 Å². The fraction of sp³-hybridized carbons (Fsp3) is 0.833. The normalized spacial score (nSPS) is 27.4. The molecule has 0 unspecified atom stereocenters. The van der Waals surface area contributed by atoms with E-state index in [9.17, 15) is 4.79 Å². The zero-order valence-electron chi connectivity index (χ0n) is 5.50. The quantitative estimate of drug-likeness (QED) is 0.577. The largest absolute Gasteiger partial charge is 0.480 e. The molecule has 1 aliphatic heterocycles. The molecule has 0 aromatic rings. The van der Waals surface area contributed by atoms with E-state index in [0.29, 0.717) is 0 Å². The zero-order chi connectivity index (χ0) is 6.85. The SMILES string of the molecule is CCN1CC[C@@H]1C(=O)O. The van der Waals surface area contributed by atoms with Crippen molar-refractivity contribution in [3.05, 3.63) is 0 Å². The third kappa shape index (κ3) is 1.05. The van der Waals surface area contributed by atoms with Crippen LogP contribution in [0.2, 0.25) is 0 Å². The van der Waals surface area contributed by atoms with Crippen molar-refractivity contribution in [2.75, 3.05) is 13.1 Å². The Kier molecular flexibility index (Phi) is 1.71. The summed E-state index contributed by atoms with van der Waals surface area (Å²) in [7, 11) is 0. The van der Waals surface area contributed by atoms with E-state index in [0.717, 1.165) is 19.5 Å². The third-order valence-electron chi connectivity index (χ3n) is 1.82. The van der Waals surface area contributed by atoms with E-state index in [4.69, 9.17) is 5.11 Å². The molecule has 0 saturated carbocycles. The minimum Gasteiger partial charge on any atom is -0.480 e. The molecule has 52 valence electrons. The van der Waals surface area contributed by atoms with E-state index >= 15 is 0 Å². The summed E-state index contributed by atoms with van der Waals surface area (Å²) in [6.45, 7) is 3.79. The fourth-order valence-corrected chi connectivity index (χ4v) is 1.10. The van der Waals surface area contributed by atoms with Crippen LogP contribution in [0.15, 0.2) is 0 Å². The van der Waals surface area contributed by atoms with E-state index in [2.05, 4.69) is 0 Å². The van der Waals surface area contributed by atoms with Crippen LogP contribution in [0, 0.1) is 0 Å². The van der Waals surface area contributed by atoms with Crippen molar-refractivity contribution in [3.8, 4) is 0 Å². The average Bonchev–Trinajstić information content (AvgIpc) is 1.61. The van der Waals surface area contributed by atoms with Crippen LogP contribution in [0.1, 0.15) is 13.3 Å². The summed E-state index contributed by atoms with van der Waals surface area (Å²) in [6, 6.07) is -0.185. The van der Waals surface area contributed by atoms with Crippen LogP contribution in [0.5, 0.6) is 0 Å². The van der Waals surface area contributed by atoms with Crippen LogP contribution in [0.3, 0.4) is 0 Å². The maximum absolute atomic E-state index is 10.3. The second-order valence-corrected chi connectivity index (χ2v) is 2.27. The molecule has 0 radical (unpaired) electrons. The van der Waals surface area contributed by atoms with Gasteiger partial charge in [-0.15, -0.1) is 0 Å². The van der Waals surface area contributed by atoms with E-state index in [1.807, 2.05) is 11.8 Å². The Balaban J connectivity index is 2.35. The van der Waals surface area contributed by atoms with Gasteiger partial charge in [0.1, 0.15) is 6.04 Å². The third-order valence-corrected chi connectivity index (χ3v) is 1.82. The lowest BCUT2D eigenvalue weighted by Crippen LogP contribution is -2.51. The number of carbonyl (C=O) groups is 1. The van der Waals surface area contributed by atoms with Crippen LogP contribution in [-0.4, -0.2) is 35.1 Å². The van der Waals surface area contributed by atoms with E-state index in [-0.39, 0.29) is 6.04 Å². The summed E-state index contributed by atoms with van der Waals surface area (Å²) in [5.41, 5.74) is 0. The molecule has 0 aliphatic carbocycles. The second-order valence-electron chi connectivity index (χ2n) is 2.27. The first-order valence-corrected chi connectivity index (χ1v) is 3.22. The van der Waals surface area contributed by atoms with Crippen molar-refractivity contribution in [1.82, 2.24) is 4.90 Å². The second kappa shape index (κ2) is 2.35. The molecule has 0 spiro atoms. The first kappa shape index (κ1) is 6.55. The van der Waals surface area contributed by atoms with Gasteiger partial charge < -0.3 is 5.11 Å². The predicted octanol–water partition coefficient (Wildman–Crippen LogP) is 0.165. The number of carboxylic acids is 1. The molecule has 1 N–H and O–H groups in total. The van der Waals surface area contributed by atoms with Gasteiger partial charge in [-0.1, -0.05) is 6.92 Å². The monoisotopic (exact) mass is 129 g/mol. The molecule has 1 atom stereocenters. The van der Waals surface area contributed by atoms with Crippen molar-refractivity contribution >= 4 is 5.97 Å². The van der Waals surface area contributed by atoms with Gasteiger partial charge in [0.2, 0.25) is 0 Å². The summed E-state index contributed by atoms with van der Waals surface area (Å²) in [5.74, 6) is -0.678. The summed E-state index contributed by atoms with van der Waals surface area (Å²) in [6.07, 6.45) is 0.823. The standard InChI is InChI=1S/C6H11NO2/c1-2-7-4-3-5(7)6(8)9/h5H,2-4H2,1H3,(H,8,9)/t5-/m1/s1. The highest BCUT2D eigenvalue weighted by molar-refractivity contribution is 5.74. The summed E-state index contributed by atoms with van der Waals surface area (Å²) < 4.78 is 0. The maximum Gasteiger partial charge on any atom is 0.320 e. The molecular formula is C6H11NO2. The average molecular weight is 129 g/mol. The Hall–Kier alpha value is -0.570. The Morgan fingerprint density at radius 3 is 2.67 bits per heavy atom. The number of likely N-dealkylation sites (N-methyl/N-ethyl adjacent to an activating group) is 1. The Morgan fingerprint density at radius 1 is 1.89 bits per heavy atom. The van der Waals surface area contributed by atoms with Crippen molar-refractivity contribution in [2.45, 2.75) is 19.4 Å². The number of likely N-dealkylation sites (tertiary alicyclic amines) is 1. The molecule has 1 fully saturated rings. The van der Waals surface area contributed by atoms with Crippen LogP contribution in [-0.2, 0) is 4.79 Å². The van der Waals surface area contributed by atoms with Gasteiger partial charge in [0.15, 0.2) is 0 Å². The zero-order valence-corrected chi connectivity index (χ0v) is 5.50. The molecular weight excluding hydrogens is 118 g/mol. The smallest absolute Gasteiger partial charge is 0.320 e. The van der Waals surface area contributed by atoms with Gasteiger partial charge in [0.05, 0.1) is 0 Å². The molecule has 9 heavy (non-hydrogen) atoms. The van der Waals surface area contributed by atoms with Crippen LogP contribution in [0.4, 0.5) is 0 Å². The fourth-order valence-electron chi connectivity index (χ4n) is 1.10. The molecule has 0 aromatic heterocycles. The first-order valence-electron chi connectivity index (χ1n) is 3.22. The van der Waals surface area contributed by atoms with Crippen molar-refractivity contribution in [3.63, 3.8) is 0 Å². The molecule has 1 rings (SSSR count). The topological polar surface area (TPSA) is 40.5 Å². The molecule has 1 aliphatic rings. The molecule has 3 nitrogen and oxygen atoms in total. The van der Waals surface area contributed by atoms with E-state index in [1.165, 1.54) is 0 Å². The molecule has 1 saturated heterocycles. The van der Waals surface area contributed by atoms with Crippen molar-refractivity contribution < 1.29 is 9.90 Å². The van der Waals surface area contributed by atoms with Crippen molar-refractivity contribution in [2.24, 2.45) is 0 Å². The van der Waals surface area contributed by atoms with Gasteiger partial charge in [-0.3, -0.25) is 9.69 Å². The van der Waals surface area contributed by atoms with Crippen LogP contribution < -0.4 is 0 Å². The van der Waals surface area contributed by atoms with Gasteiger partial charge in [-0.05, 0) is 13.0 Å². The number of aliphatic carboxylic acids is 1. The Bertz CT molecular complexity index is 122. The minimum atomic E-state index is -0.678. The Morgan fingerprint density at radius 2 is 2.56 bits per heavy atom. The van der Waals surface area contributed by atoms with Gasteiger partial charge in [0, 0.05) is 6.54 Å². The summed E-state index contributed by atoms with van der Waals surface area (Å²) in [4.78, 5) is 12.3. The summed E-state index contributed by atoms with van der Waals surface area (Å²) >= 11 is 0. The molecule has 3 heteroatoms. The molecule has 1 heterocycles. The van der Waals surface area contributed by atoms with Crippen LogP contribution in [0.25, 0.3) is 0 Å². The van der Waals surface area contributed by atoms with Gasteiger partial charge in [-0.2, -0.15) is 0 Å². The molecule has 0 aromatic carbocycles.